The molecule has 1 spiro atoms. The van der Waals surface area contributed by atoms with Gasteiger partial charge in [-0.05, 0) is 73.9 Å². The number of halogens is 3. The van der Waals surface area contributed by atoms with E-state index < -0.39 is 17.9 Å². The number of likely N-dealkylation sites (tertiary alicyclic amines) is 1. The molecule has 2 aromatic carbocycles. The zero-order chi connectivity index (χ0) is 26.4. The Morgan fingerprint density at radius 2 is 1.62 bits per heavy atom. The number of primary amides is 1. The number of carbonyl (C=O) groups excluding carboxylic acids is 2. The van der Waals surface area contributed by atoms with Crippen LogP contribution in [-0.4, -0.2) is 65.2 Å². The van der Waals surface area contributed by atoms with Crippen LogP contribution in [-0.2, 0) is 11.2 Å². The lowest BCUT2D eigenvalue weighted by atomic mass is 9.86. The van der Waals surface area contributed by atoms with Gasteiger partial charge in [-0.1, -0.05) is 36.4 Å². The lowest BCUT2D eigenvalue weighted by Crippen LogP contribution is -2.56. The lowest BCUT2D eigenvalue weighted by molar-refractivity contribution is -0.274. The van der Waals surface area contributed by atoms with Crippen molar-refractivity contribution in [2.75, 3.05) is 26.7 Å². The van der Waals surface area contributed by atoms with E-state index in [1.807, 2.05) is 11.9 Å². The average molecular weight is 517 g/mol. The maximum absolute atomic E-state index is 14.0. The van der Waals surface area contributed by atoms with E-state index in [0.717, 1.165) is 11.1 Å². The van der Waals surface area contributed by atoms with Crippen LogP contribution in [0, 0.1) is 0 Å². The van der Waals surface area contributed by atoms with Crippen LogP contribution in [0.1, 0.15) is 54.5 Å². The Balaban J connectivity index is 1.37. The van der Waals surface area contributed by atoms with Gasteiger partial charge in [0.05, 0.1) is 0 Å². The van der Waals surface area contributed by atoms with Gasteiger partial charge in [0.15, 0.2) is 0 Å². The van der Waals surface area contributed by atoms with Crippen LogP contribution < -0.4 is 10.5 Å². The van der Waals surface area contributed by atoms with Crippen molar-refractivity contribution >= 4 is 11.9 Å². The molecule has 1 aliphatic carbocycles. The van der Waals surface area contributed by atoms with Gasteiger partial charge in [0.2, 0.25) is 5.91 Å². The third kappa shape index (κ3) is 5.12. The van der Waals surface area contributed by atoms with E-state index in [-0.39, 0.29) is 17.8 Å². The summed E-state index contributed by atoms with van der Waals surface area (Å²) in [5.41, 5.74) is 7.87. The normalized spacial score (nSPS) is 22.1. The third-order valence-corrected chi connectivity index (χ3v) is 7.98. The summed E-state index contributed by atoms with van der Waals surface area (Å²) >= 11 is 0. The summed E-state index contributed by atoms with van der Waals surface area (Å²) in [6.45, 7) is 1.22. The lowest BCUT2D eigenvalue weighted by Gasteiger charge is -2.41. The van der Waals surface area contributed by atoms with Gasteiger partial charge in [-0.25, -0.2) is 4.79 Å². The van der Waals surface area contributed by atoms with Crippen molar-refractivity contribution < 1.29 is 27.5 Å². The molecule has 2 aliphatic heterocycles. The van der Waals surface area contributed by atoms with Gasteiger partial charge in [0, 0.05) is 19.6 Å². The molecule has 0 radical (unpaired) electrons. The SMILES string of the molecule is CN1C(c2ccc(C3CC3)cc2)N(CCc2ccc(OC(F)(F)F)cc2)C(=O)C12CCN(C(N)=O)CC2. The molecule has 1 atom stereocenters. The van der Waals surface area contributed by atoms with E-state index in [2.05, 4.69) is 33.9 Å². The molecule has 2 aromatic rings. The Labute approximate surface area is 213 Å². The molecule has 3 fully saturated rings. The molecule has 0 aromatic heterocycles. The van der Waals surface area contributed by atoms with Gasteiger partial charge < -0.3 is 20.3 Å². The Hall–Kier alpha value is -3.27. The highest BCUT2D eigenvalue weighted by Gasteiger charge is 2.57. The summed E-state index contributed by atoms with van der Waals surface area (Å²) < 4.78 is 41.4. The molecular weight excluding hydrogens is 485 g/mol. The highest BCUT2D eigenvalue weighted by Crippen LogP contribution is 2.46. The molecule has 2 saturated heterocycles. The van der Waals surface area contributed by atoms with Crippen LogP contribution in [0.4, 0.5) is 18.0 Å². The molecular formula is C27H31F3N4O3. The molecule has 2 N–H and O–H groups in total. The van der Waals surface area contributed by atoms with E-state index >= 15 is 0 Å². The predicted molar refractivity (Wildman–Crippen MR) is 131 cm³/mol. The van der Waals surface area contributed by atoms with Crippen LogP contribution in [0.3, 0.4) is 0 Å². The summed E-state index contributed by atoms with van der Waals surface area (Å²) in [5, 5.41) is 0. The fourth-order valence-corrected chi connectivity index (χ4v) is 5.73. The minimum absolute atomic E-state index is 0.00687. The molecule has 5 rings (SSSR count). The molecule has 3 aliphatic rings. The van der Waals surface area contributed by atoms with Crippen molar-refractivity contribution in [1.82, 2.24) is 14.7 Å². The van der Waals surface area contributed by atoms with E-state index in [1.165, 1.54) is 30.5 Å². The number of likely N-dealkylation sites (N-methyl/N-ethyl adjacent to an activating group) is 1. The summed E-state index contributed by atoms with van der Waals surface area (Å²) in [6, 6.07) is 13.7. The van der Waals surface area contributed by atoms with Crippen LogP contribution in [0.15, 0.2) is 48.5 Å². The largest absolute Gasteiger partial charge is 0.573 e. The molecule has 198 valence electrons. The quantitative estimate of drug-likeness (QED) is 0.618. The van der Waals surface area contributed by atoms with Crippen molar-refractivity contribution in [2.24, 2.45) is 5.73 Å². The van der Waals surface area contributed by atoms with Gasteiger partial charge in [-0.15, -0.1) is 13.2 Å². The third-order valence-electron chi connectivity index (χ3n) is 7.98. The van der Waals surface area contributed by atoms with Crippen molar-refractivity contribution in [3.8, 4) is 5.75 Å². The monoisotopic (exact) mass is 516 g/mol. The smallest absolute Gasteiger partial charge is 0.406 e. The number of benzene rings is 2. The minimum atomic E-state index is -4.74. The summed E-state index contributed by atoms with van der Waals surface area (Å²) in [4.78, 5) is 31.2. The van der Waals surface area contributed by atoms with Crippen LogP contribution in [0.2, 0.25) is 0 Å². The zero-order valence-electron chi connectivity index (χ0n) is 20.7. The van der Waals surface area contributed by atoms with Gasteiger partial charge in [-0.3, -0.25) is 9.69 Å². The number of hydrogen-bond acceptors (Lipinski definition) is 4. The Bertz CT molecular complexity index is 1140. The zero-order valence-corrected chi connectivity index (χ0v) is 20.7. The van der Waals surface area contributed by atoms with Crippen molar-refractivity contribution in [3.63, 3.8) is 0 Å². The molecule has 2 heterocycles. The van der Waals surface area contributed by atoms with Crippen molar-refractivity contribution in [2.45, 2.75) is 56.1 Å². The van der Waals surface area contributed by atoms with E-state index in [4.69, 9.17) is 5.73 Å². The van der Waals surface area contributed by atoms with Crippen LogP contribution in [0.25, 0.3) is 0 Å². The minimum Gasteiger partial charge on any atom is -0.406 e. The number of hydrogen-bond donors (Lipinski definition) is 1. The fraction of sp³-hybridized carbons (Fsp3) is 0.481. The number of amides is 3. The van der Waals surface area contributed by atoms with E-state index in [1.54, 1.807) is 17.0 Å². The van der Waals surface area contributed by atoms with E-state index in [9.17, 15) is 22.8 Å². The molecule has 10 heteroatoms. The number of nitrogens with zero attached hydrogens (tertiary/aromatic N) is 3. The predicted octanol–water partition coefficient (Wildman–Crippen LogP) is 4.39. The topological polar surface area (TPSA) is 79.1 Å². The number of piperidine rings is 1. The second kappa shape index (κ2) is 9.55. The number of nitrogens with two attached hydrogens (primary N) is 1. The first-order valence-corrected chi connectivity index (χ1v) is 12.6. The second-order valence-corrected chi connectivity index (χ2v) is 10.2. The number of rotatable bonds is 6. The summed E-state index contributed by atoms with van der Waals surface area (Å²) in [7, 11) is 1.96. The first kappa shape index (κ1) is 25.4. The molecule has 7 nitrogen and oxygen atoms in total. The molecule has 37 heavy (non-hydrogen) atoms. The molecule has 3 amide bonds. The number of alkyl halides is 3. The molecule has 1 unspecified atom stereocenters. The van der Waals surface area contributed by atoms with Crippen LogP contribution >= 0.6 is 0 Å². The Morgan fingerprint density at radius 1 is 1.03 bits per heavy atom. The van der Waals surface area contributed by atoms with Gasteiger partial charge in [-0.2, -0.15) is 0 Å². The Morgan fingerprint density at radius 3 is 2.16 bits per heavy atom. The average Bonchev–Trinajstić information content (AvgIpc) is 3.69. The standard InChI is InChI=1S/C27H31F3N4O3/c1-32-23(21-8-6-20(7-9-21)19-4-5-19)34(24(35)26(32)13-16-33(17-14-26)25(31)36)15-12-18-2-10-22(11-3-18)37-27(28,29)30/h2-3,6-11,19,23H,4-5,12-17H2,1H3,(H2,31,36). The number of urea groups is 1. The van der Waals surface area contributed by atoms with Gasteiger partial charge in [0.1, 0.15) is 17.5 Å². The fourth-order valence-electron chi connectivity index (χ4n) is 5.73. The maximum Gasteiger partial charge on any atom is 0.573 e. The van der Waals surface area contributed by atoms with E-state index in [0.29, 0.717) is 44.8 Å². The van der Waals surface area contributed by atoms with Gasteiger partial charge in [0.25, 0.3) is 0 Å². The second-order valence-electron chi connectivity index (χ2n) is 10.2. The highest BCUT2D eigenvalue weighted by atomic mass is 19.4. The first-order chi connectivity index (χ1) is 17.6. The van der Waals surface area contributed by atoms with Gasteiger partial charge >= 0.3 is 12.4 Å². The summed E-state index contributed by atoms with van der Waals surface area (Å²) in [6.07, 6.45) is -1.15. The number of carbonyl (C=O) groups is 2. The summed E-state index contributed by atoms with van der Waals surface area (Å²) in [5.74, 6) is 0.358. The van der Waals surface area contributed by atoms with Crippen LogP contribution in [0.5, 0.6) is 5.75 Å². The molecule has 1 saturated carbocycles. The maximum atomic E-state index is 14.0. The van der Waals surface area contributed by atoms with Crippen molar-refractivity contribution in [3.05, 3.63) is 65.2 Å². The molecule has 0 bridgehead atoms. The first-order valence-electron chi connectivity index (χ1n) is 12.6. The number of ether oxygens (including phenoxy) is 1. The highest BCUT2D eigenvalue weighted by molar-refractivity contribution is 5.89. The van der Waals surface area contributed by atoms with Crippen molar-refractivity contribution in [1.29, 1.82) is 0 Å². The Kier molecular flexibility index (Phi) is 6.55.